The Morgan fingerprint density at radius 1 is 1.23 bits per heavy atom. The van der Waals surface area contributed by atoms with E-state index >= 15 is 0 Å². The Hall–Kier alpha value is -2.04. The molecule has 0 bridgehead atoms. The predicted molar refractivity (Wildman–Crippen MR) is 108 cm³/mol. The number of hydrogen-bond acceptors (Lipinski definition) is 3. The van der Waals surface area contributed by atoms with E-state index in [4.69, 9.17) is 24.2 Å². The van der Waals surface area contributed by atoms with E-state index in [1.165, 1.54) is 24.0 Å². The number of aliphatic imine (C=N–C) groups is 1. The SMILES string of the molecule is C=CCN=C([S-])C(C(=O)c1ccc(Cl)cc1)[n+]1ccc2c(c1)CCCC2. The number of pyridine rings is 1. The van der Waals surface area contributed by atoms with Crippen LogP contribution in [0.4, 0.5) is 0 Å². The maximum atomic E-state index is 13.2. The standard InChI is InChI=1S/C21H21ClN2OS/c1-2-12-23-21(26)19(20(25)16-7-9-18(22)10-8-16)24-13-11-15-5-3-4-6-17(15)14-24/h2,7-11,13-14,19H,1,3-6,12H2. The molecule has 0 fully saturated rings. The molecule has 0 aliphatic heterocycles. The first-order valence-electron chi connectivity index (χ1n) is 8.74. The Bertz CT molecular complexity index is 846. The van der Waals surface area contributed by atoms with E-state index in [2.05, 4.69) is 23.8 Å². The van der Waals surface area contributed by atoms with Crippen LogP contribution in [0.3, 0.4) is 0 Å². The molecule has 0 N–H and O–H groups in total. The van der Waals surface area contributed by atoms with E-state index < -0.39 is 6.04 Å². The second-order valence-corrected chi connectivity index (χ2v) is 7.25. The predicted octanol–water partition coefficient (Wildman–Crippen LogP) is 4.06. The summed E-state index contributed by atoms with van der Waals surface area (Å²) >= 11 is 11.4. The number of rotatable bonds is 6. The summed E-state index contributed by atoms with van der Waals surface area (Å²) in [5.74, 6) is -0.0831. The third-order valence-electron chi connectivity index (χ3n) is 4.59. The fourth-order valence-corrected chi connectivity index (χ4v) is 3.67. The van der Waals surface area contributed by atoms with Crippen molar-refractivity contribution in [1.29, 1.82) is 0 Å². The summed E-state index contributed by atoms with van der Waals surface area (Å²) in [5, 5.41) is 0.962. The minimum absolute atomic E-state index is 0.0831. The molecule has 1 atom stereocenters. The fraction of sp³-hybridized carbons (Fsp3) is 0.286. The van der Waals surface area contributed by atoms with E-state index in [0.29, 0.717) is 22.2 Å². The highest BCUT2D eigenvalue weighted by Gasteiger charge is 2.29. The van der Waals surface area contributed by atoms with Gasteiger partial charge in [-0.3, -0.25) is 4.79 Å². The zero-order valence-electron chi connectivity index (χ0n) is 14.5. The number of aromatic nitrogens is 1. The molecule has 1 aliphatic carbocycles. The molecule has 0 saturated carbocycles. The fourth-order valence-electron chi connectivity index (χ4n) is 3.24. The second-order valence-electron chi connectivity index (χ2n) is 6.39. The lowest BCUT2D eigenvalue weighted by molar-refractivity contribution is -0.692. The van der Waals surface area contributed by atoms with Gasteiger partial charge in [-0.15, -0.1) is 6.58 Å². The lowest BCUT2D eigenvalue weighted by Crippen LogP contribution is -2.48. The normalized spacial score (nSPS) is 15.2. The van der Waals surface area contributed by atoms with Crippen LogP contribution < -0.4 is 4.57 Å². The molecule has 3 nitrogen and oxygen atoms in total. The lowest BCUT2D eigenvalue weighted by Gasteiger charge is -2.20. The monoisotopic (exact) mass is 384 g/mol. The van der Waals surface area contributed by atoms with E-state index in [9.17, 15) is 4.79 Å². The molecule has 134 valence electrons. The van der Waals surface area contributed by atoms with Gasteiger partial charge >= 0.3 is 0 Å². The number of halogens is 1. The summed E-state index contributed by atoms with van der Waals surface area (Å²) in [6.07, 6.45) is 10.2. The molecule has 0 amide bonds. The molecule has 0 radical (unpaired) electrons. The molecule has 2 aromatic rings. The molecule has 1 unspecified atom stereocenters. The summed E-state index contributed by atoms with van der Waals surface area (Å²) in [6.45, 7) is 4.07. The van der Waals surface area contributed by atoms with Gasteiger partial charge in [-0.1, -0.05) is 17.7 Å². The molecular weight excluding hydrogens is 364 g/mol. The maximum absolute atomic E-state index is 13.2. The highest BCUT2D eigenvalue weighted by molar-refractivity contribution is 7.77. The van der Waals surface area contributed by atoms with Gasteiger partial charge in [0.25, 0.3) is 0 Å². The van der Waals surface area contributed by atoms with Crippen LogP contribution in [0.25, 0.3) is 0 Å². The number of carbonyl (C=O) groups is 1. The first kappa shape index (κ1) is 18.7. The summed E-state index contributed by atoms with van der Waals surface area (Å²) in [5.41, 5.74) is 3.22. The average Bonchev–Trinajstić information content (AvgIpc) is 2.67. The zero-order chi connectivity index (χ0) is 18.5. The van der Waals surface area contributed by atoms with Gasteiger partial charge in [-0.2, -0.15) is 4.57 Å². The Balaban J connectivity index is 2.01. The van der Waals surface area contributed by atoms with Crippen LogP contribution in [-0.4, -0.2) is 17.4 Å². The number of aryl methyl sites for hydroxylation is 2. The number of fused-ring (bicyclic) bond motifs is 1. The van der Waals surface area contributed by atoms with Gasteiger partial charge in [0, 0.05) is 22.2 Å². The van der Waals surface area contributed by atoms with E-state index in [1.54, 1.807) is 30.3 Å². The first-order chi connectivity index (χ1) is 12.6. The van der Waals surface area contributed by atoms with Gasteiger partial charge < -0.3 is 17.6 Å². The van der Waals surface area contributed by atoms with Crippen LogP contribution in [0, 0.1) is 0 Å². The van der Waals surface area contributed by atoms with Crippen molar-refractivity contribution < 1.29 is 9.36 Å². The highest BCUT2D eigenvalue weighted by atomic mass is 35.5. The Morgan fingerprint density at radius 2 is 1.92 bits per heavy atom. The van der Waals surface area contributed by atoms with E-state index in [-0.39, 0.29) is 5.78 Å². The maximum Gasteiger partial charge on any atom is 0.237 e. The summed E-state index contributed by atoms with van der Waals surface area (Å²) < 4.78 is 1.90. The molecule has 1 heterocycles. The number of ketones is 1. The number of carbonyl (C=O) groups excluding carboxylic acids is 1. The van der Waals surface area contributed by atoms with Crippen molar-refractivity contribution >= 4 is 35.1 Å². The van der Waals surface area contributed by atoms with Crippen LogP contribution in [0.5, 0.6) is 0 Å². The van der Waals surface area contributed by atoms with Crippen molar-refractivity contribution in [3.8, 4) is 0 Å². The van der Waals surface area contributed by atoms with Gasteiger partial charge in [0.1, 0.15) is 0 Å². The van der Waals surface area contributed by atoms with Gasteiger partial charge in [-0.25, -0.2) is 0 Å². The minimum atomic E-state index is -0.640. The number of hydrogen-bond donors (Lipinski definition) is 0. The van der Waals surface area contributed by atoms with Crippen LogP contribution in [0.15, 0.2) is 60.4 Å². The third kappa shape index (κ3) is 4.19. The molecule has 26 heavy (non-hydrogen) atoms. The van der Waals surface area contributed by atoms with Crippen molar-refractivity contribution in [2.45, 2.75) is 31.7 Å². The molecule has 1 aromatic carbocycles. The van der Waals surface area contributed by atoms with Gasteiger partial charge in [0.05, 0.1) is 6.54 Å². The van der Waals surface area contributed by atoms with Crippen LogP contribution in [-0.2, 0) is 25.5 Å². The van der Waals surface area contributed by atoms with Crippen molar-refractivity contribution in [3.05, 3.63) is 77.1 Å². The lowest BCUT2D eigenvalue weighted by atomic mass is 9.93. The molecule has 1 aromatic heterocycles. The molecule has 1 aliphatic rings. The largest absolute Gasteiger partial charge is 0.758 e. The van der Waals surface area contributed by atoms with Gasteiger partial charge in [0.2, 0.25) is 11.8 Å². The smallest absolute Gasteiger partial charge is 0.237 e. The summed E-state index contributed by atoms with van der Waals surface area (Å²) in [6, 6.07) is 8.35. The second kappa shape index (κ2) is 8.56. The molecule has 5 heteroatoms. The summed E-state index contributed by atoms with van der Waals surface area (Å²) in [7, 11) is 0. The molecule has 3 rings (SSSR count). The molecule has 0 saturated heterocycles. The topological polar surface area (TPSA) is 33.3 Å². The quantitative estimate of drug-likeness (QED) is 0.188. The van der Waals surface area contributed by atoms with Crippen LogP contribution in [0.1, 0.15) is 40.4 Å². The van der Waals surface area contributed by atoms with Crippen molar-refractivity contribution in [2.75, 3.05) is 6.54 Å². The van der Waals surface area contributed by atoms with Crippen molar-refractivity contribution in [1.82, 2.24) is 0 Å². The zero-order valence-corrected chi connectivity index (χ0v) is 16.1. The molecular formula is C21H21ClN2OS. The van der Waals surface area contributed by atoms with Gasteiger partial charge in [-0.05, 0) is 60.6 Å². The molecule has 0 spiro atoms. The van der Waals surface area contributed by atoms with Crippen molar-refractivity contribution in [3.63, 3.8) is 0 Å². The van der Waals surface area contributed by atoms with E-state index in [0.717, 1.165) is 12.8 Å². The Morgan fingerprint density at radius 3 is 2.62 bits per heavy atom. The Labute approximate surface area is 164 Å². The Kier molecular flexibility index (Phi) is 6.17. The number of nitrogens with zero attached hydrogens (tertiary/aromatic N) is 2. The number of benzene rings is 1. The van der Waals surface area contributed by atoms with Crippen LogP contribution >= 0.6 is 11.6 Å². The first-order valence-corrected chi connectivity index (χ1v) is 9.53. The average molecular weight is 385 g/mol. The highest BCUT2D eigenvalue weighted by Crippen LogP contribution is 2.21. The van der Waals surface area contributed by atoms with Gasteiger partial charge in [0.15, 0.2) is 12.4 Å². The third-order valence-corrected chi connectivity index (χ3v) is 5.20. The summed E-state index contributed by atoms with van der Waals surface area (Å²) in [4.78, 5) is 17.5. The number of Topliss-reactive ketones (excluding diaryl/α,β-unsaturated/α-hetero) is 1. The van der Waals surface area contributed by atoms with E-state index in [1.807, 2.05) is 10.8 Å². The minimum Gasteiger partial charge on any atom is -0.758 e. The van der Waals surface area contributed by atoms with Crippen molar-refractivity contribution in [2.24, 2.45) is 4.99 Å². The van der Waals surface area contributed by atoms with Crippen LogP contribution in [0.2, 0.25) is 5.02 Å².